The fraction of sp³-hybridized carbons (Fsp3) is 0.457. The van der Waals surface area contributed by atoms with E-state index in [0.29, 0.717) is 35.8 Å². The van der Waals surface area contributed by atoms with E-state index in [1.165, 1.54) is 6.42 Å². The number of aliphatic hydroxyl groups is 1. The third-order valence-corrected chi connectivity index (χ3v) is 8.95. The van der Waals surface area contributed by atoms with Crippen LogP contribution in [0.3, 0.4) is 0 Å². The monoisotopic (exact) mass is 615 g/mol. The van der Waals surface area contributed by atoms with Crippen molar-refractivity contribution in [2.24, 2.45) is 5.92 Å². The van der Waals surface area contributed by atoms with Gasteiger partial charge in [0.15, 0.2) is 0 Å². The Balaban J connectivity index is 1.35. The van der Waals surface area contributed by atoms with Gasteiger partial charge in [-0.3, -0.25) is 4.79 Å². The smallest absolute Gasteiger partial charge is 0.323 e. The molecule has 10 heteroatoms. The van der Waals surface area contributed by atoms with E-state index in [-0.39, 0.29) is 43.0 Å². The topological polar surface area (TPSA) is 123 Å². The molecule has 1 heterocycles. The molecule has 1 aliphatic carbocycles. The zero-order valence-corrected chi connectivity index (χ0v) is 26.4. The Labute approximate surface area is 265 Å². The fourth-order valence-corrected chi connectivity index (χ4v) is 6.23. The number of hydrogen-bond donors (Lipinski definition) is 4. The van der Waals surface area contributed by atoms with Gasteiger partial charge < -0.3 is 35.6 Å². The Morgan fingerprint density at radius 1 is 1.04 bits per heavy atom. The summed E-state index contributed by atoms with van der Waals surface area (Å²) in [5.41, 5.74) is 1.82. The Bertz CT molecular complexity index is 1500. The zero-order valence-electron chi connectivity index (χ0n) is 26.4. The van der Waals surface area contributed by atoms with Crippen LogP contribution in [0.5, 0.6) is 5.75 Å². The summed E-state index contributed by atoms with van der Waals surface area (Å²) in [6, 6.07) is 18.1. The van der Waals surface area contributed by atoms with Gasteiger partial charge >= 0.3 is 12.1 Å². The van der Waals surface area contributed by atoms with Crippen molar-refractivity contribution < 1.29 is 24.2 Å². The SMILES string of the molecule is C[C@@H]1CN([C@@H](C)CO)C(=O)Cc2cc(NC(=O)Nc3cccc4ccccc34)ccc2O[C@@H]1CN(C)C(=O)NC1CCCCC1. The molecule has 0 unspecified atom stereocenters. The first-order chi connectivity index (χ1) is 21.7. The summed E-state index contributed by atoms with van der Waals surface area (Å²) in [7, 11) is 1.77. The summed E-state index contributed by atoms with van der Waals surface area (Å²) >= 11 is 0. The van der Waals surface area contributed by atoms with E-state index in [9.17, 15) is 19.5 Å². The van der Waals surface area contributed by atoms with Crippen LogP contribution < -0.4 is 20.7 Å². The van der Waals surface area contributed by atoms with E-state index in [1.54, 1.807) is 35.0 Å². The molecule has 3 aromatic carbocycles. The van der Waals surface area contributed by atoms with E-state index in [2.05, 4.69) is 16.0 Å². The average molecular weight is 616 g/mol. The van der Waals surface area contributed by atoms with Crippen LogP contribution in [0.1, 0.15) is 51.5 Å². The lowest BCUT2D eigenvalue weighted by Gasteiger charge is -2.34. The van der Waals surface area contributed by atoms with Crippen molar-refractivity contribution in [2.75, 3.05) is 37.4 Å². The second-order valence-electron chi connectivity index (χ2n) is 12.5. The third kappa shape index (κ3) is 8.05. The number of carbonyl (C=O) groups is 3. The van der Waals surface area contributed by atoms with E-state index in [0.717, 1.165) is 36.5 Å². The summed E-state index contributed by atoms with van der Waals surface area (Å²) in [6.45, 7) is 4.34. The molecule has 45 heavy (non-hydrogen) atoms. The molecule has 4 N–H and O–H groups in total. The van der Waals surface area contributed by atoms with Gasteiger partial charge in [-0.2, -0.15) is 0 Å². The lowest BCUT2D eigenvalue weighted by molar-refractivity contribution is -0.134. The molecule has 1 saturated carbocycles. The molecule has 0 bridgehead atoms. The number of fused-ring (bicyclic) bond motifs is 2. The summed E-state index contributed by atoms with van der Waals surface area (Å²) in [5.74, 6) is 0.248. The maximum atomic E-state index is 13.6. The number of benzene rings is 3. The number of rotatable bonds is 7. The highest BCUT2D eigenvalue weighted by atomic mass is 16.5. The molecule has 5 rings (SSSR count). The summed E-state index contributed by atoms with van der Waals surface area (Å²) in [6.07, 6.45) is 5.08. The number of hydrogen-bond acceptors (Lipinski definition) is 5. The predicted octanol–water partition coefficient (Wildman–Crippen LogP) is 5.61. The van der Waals surface area contributed by atoms with Crippen molar-refractivity contribution in [2.45, 2.75) is 70.6 Å². The van der Waals surface area contributed by atoms with Gasteiger partial charge in [0.2, 0.25) is 5.91 Å². The van der Waals surface area contributed by atoms with Crippen LogP contribution in [0.4, 0.5) is 21.0 Å². The van der Waals surface area contributed by atoms with E-state index in [1.807, 2.05) is 56.3 Å². The number of carbonyl (C=O) groups excluding carboxylic acids is 3. The molecule has 2 aliphatic rings. The van der Waals surface area contributed by atoms with Crippen LogP contribution in [0.25, 0.3) is 10.8 Å². The largest absolute Gasteiger partial charge is 0.488 e. The number of ether oxygens (including phenoxy) is 1. The van der Waals surface area contributed by atoms with Crippen LogP contribution in [-0.4, -0.2) is 77.8 Å². The average Bonchev–Trinajstić information content (AvgIpc) is 3.08. The highest BCUT2D eigenvalue weighted by Crippen LogP contribution is 2.30. The highest BCUT2D eigenvalue weighted by molar-refractivity contribution is 6.06. The van der Waals surface area contributed by atoms with Gasteiger partial charge in [-0.1, -0.05) is 62.6 Å². The van der Waals surface area contributed by atoms with Gasteiger partial charge in [-0.05, 0) is 49.4 Å². The van der Waals surface area contributed by atoms with E-state index < -0.39 is 12.1 Å². The number of urea groups is 2. The molecule has 3 atom stereocenters. The van der Waals surface area contributed by atoms with Crippen molar-refractivity contribution in [3.8, 4) is 5.75 Å². The minimum absolute atomic E-state index is 0.0393. The second kappa shape index (κ2) is 14.6. The lowest BCUT2D eigenvalue weighted by Crippen LogP contribution is -2.50. The van der Waals surface area contributed by atoms with Crippen molar-refractivity contribution in [3.05, 3.63) is 66.2 Å². The molecule has 0 saturated heterocycles. The summed E-state index contributed by atoms with van der Waals surface area (Å²) in [4.78, 5) is 43.0. The summed E-state index contributed by atoms with van der Waals surface area (Å²) in [5, 5.41) is 20.9. The first kappa shape index (κ1) is 32.1. The maximum absolute atomic E-state index is 13.6. The molecule has 3 aromatic rings. The van der Waals surface area contributed by atoms with Gasteiger partial charge in [0.05, 0.1) is 31.3 Å². The first-order valence-corrected chi connectivity index (χ1v) is 16.0. The molecule has 1 aliphatic heterocycles. The van der Waals surface area contributed by atoms with Gasteiger partial charge in [0.25, 0.3) is 0 Å². The number of likely N-dealkylation sites (N-methyl/N-ethyl adjacent to an activating group) is 1. The van der Waals surface area contributed by atoms with Crippen LogP contribution in [0.15, 0.2) is 60.7 Å². The molecule has 1 fully saturated rings. The Hall–Kier alpha value is -4.31. The van der Waals surface area contributed by atoms with Crippen molar-refractivity contribution in [3.63, 3.8) is 0 Å². The third-order valence-electron chi connectivity index (χ3n) is 8.95. The molecule has 0 spiro atoms. The van der Waals surface area contributed by atoms with Crippen molar-refractivity contribution in [1.82, 2.24) is 15.1 Å². The Morgan fingerprint density at radius 3 is 2.58 bits per heavy atom. The van der Waals surface area contributed by atoms with E-state index in [4.69, 9.17) is 4.74 Å². The van der Waals surface area contributed by atoms with Crippen LogP contribution in [-0.2, 0) is 11.2 Å². The minimum atomic E-state index is -0.418. The molecular formula is C35H45N5O5. The Kier molecular flexibility index (Phi) is 10.4. The normalized spacial score (nSPS) is 19.7. The molecular weight excluding hydrogens is 570 g/mol. The molecule has 240 valence electrons. The van der Waals surface area contributed by atoms with Gasteiger partial charge in [0, 0.05) is 42.2 Å². The summed E-state index contributed by atoms with van der Waals surface area (Å²) < 4.78 is 6.56. The van der Waals surface area contributed by atoms with Gasteiger partial charge in [-0.15, -0.1) is 0 Å². The van der Waals surface area contributed by atoms with Gasteiger partial charge in [-0.25, -0.2) is 9.59 Å². The van der Waals surface area contributed by atoms with E-state index >= 15 is 0 Å². The molecule has 0 radical (unpaired) electrons. The van der Waals surface area contributed by atoms with Crippen LogP contribution in [0, 0.1) is 5.92 Å². The number of nitrogens with one attached hydrogen (secondary N) is 3. The van der Waals surface area contributed by atoms with Crippen molar-refractivity contribution in [1.29, 1.82) is 0 Å². The molecule has 5 amide bonds. The number of aliphatic hydroxyl groups excluding tert-OH is 1. The second-order valence-corrected chi connectivity index (χ2v) is 12.5. The van der Waals surface area contributed by atoms with Crippen LogP contribution >= 0.6 is 0 Å². The Morgan fingerprint density at radius 2 is 1.80 bits per heavy atom. The zero-order chi connectivity index (χ0) is 31.9. The number of nitrogens with zero attached hydrogens (tertiary/aromatic N) is 2. The van der Waals surface area contributed by atoms with Gasteiger partial charge in [0.1, 0.15) is 11.9 Å². The minimum Gasteiger partial charge on any atom is -0.488 e. The standard InChI is InChI=1S/C35H45N5O5/c1-23-20-40(24(2)22-41)33(42)19-26-18-28(36-34(43)38-30-15-9-11-25-10-7-8-14-29(25)30)16-17-31(26)45-32(23)21-39(3)35(44)37-27-12-5-4-6-13-27/h7-11,14-18,23-24,27,32,41H,4-6,12-13,19-22H2,1-3H3,(H,37,44)(H2,36,38,43)/t23-,24+,32-/m1/s1. The lowest BCUT2D eigenvalue weighted by atomic mass is 9.96. The van der Waals surface area contributed by atoms with Crippen molar-refractivity contribution >= 4 is 40.1 Å². The first-order valence-electron chi connectivity index (χ1n) is 16.0. The number of anilines is 2. The molecule has 10 nitrogen and oxygen atoms in total. The number of amides is 5. The van der Waals surface area contributed by atoms with Crippen LogP contribution in [0.2, 0.25) is 0 Å². The quantitative estimate of drug-likeness (QED) is 0.275. The fourth-order valence-electron chi connectivity index (χ4n) is 6.23. The highest BCUT2D eigenvalue weighted by Gasteiger charge is 2.32. The predicted molar refractivity (Wildman–Crippen MR) is 177 cm³/mol. The molecule has 0 aromatic heterocycles. The maximum Gasteiger partial charge on any atom is 0.323 e.